The summed E-state index contributed by atoms with van der Waals surface area (Å²) in [6.07, 6.45) is 0. The molecule has 2 nitrogen and oxygen atoms in total. The fourth-order valence-electron chi connectivity index (χ4n) is 1.38. The highest BCUT2D eigenvalue weighted by atomic mass is 32.1. The van der Waals surface area contributed by atoms with E-state index in [9.17, 15) is 0 Å². The third kappa shape index (κ3) is 6.32. The molecular formula is C16H22N2S. The van der Waals surface area contributed by atoms with E-state index in [-0.39, 0.29) is 5.54 Å². The number of nitrogens with two attached hydrogens (primary N) is 2. The van der Waals surface area contributed by atoms with Crippen molar-refractivity contribution in [1.29, 1.82) is 0 Å². The topological polar surface area (TPSA) is 52.0 Å². The molecular weight excluding hydrogens is 252 g/mol. The second-order valence-electron chi connectivity index (χ2n) is 5.51. The molecule has 0 saturated carbocycles. The van der Waals surface area contributed by atoms with Crippen LogP contribution in [0.15, 0.2) is 53.4 Å². The zero-order valence-corrected chi connectivity index (χ0v) is 12.6. The molecule has 19 heavy (non-hydrogen) atoms. The summed E-state index contributed by atoms with van der Waals surface area (Å²) in [6.45, 7) is 5.90. The van der Waals surface area contributed by atoms with Crippen LogP contribution in [0.1, 0.15) is 20.8 Å². The zero-order valence-electron chi connectivity index (χ0n) is 11.7. The van der Waals surface area contributed by atoms with Crippen molar-refractivity contribution >= 4 is 18.3 Å². The summed E-state index contributed by atoms with van der Waals surface area (Å²) in [5.41, 5.74) is 14.0. The number of hydrogen-bond donors (Lipinski definition) is 3. The Bertz CT molecular complexity index is 507. The summed E-state index contributed by atoms with van der Waals surface area (Å²) < 4.78 is 0. The van der Waals surface area contributed by atoms with Gasteiger partial charge in [-0.05, 0) is 50.1 Å². The Morgan fingerprint density at radius 2 is 1.37 bits per heavy atom. The van der Waals surface area contributed by atoms with E-state index in [2.05, 4.69) is 12.6 Å². The van der Waals surface area contributed by atoms with Crippen LogP contribution in [0.4, 0.5) is 5.69 Å². The summed E-state index contributed by atoms with van der Waals surface area (Å²) >= 11 is 4.40. The highest BCUT2D eigenvalue weighted by Crippen LogP contribution is 2.26. The Kier molecular flexibility index (Phi) is 5.45. The van der Waals surface area contributed by atoms with Gasteiger partial charge in [0.15, 0.2) is 0 Å². The Hall–Kier alpha value is -1.45. The number of rotatable bonds is 1. The third-order valence-corrected chi connectivity index (χ3v) is 2.52. The largest absolute Gasteiger partial charge is 0.399 e. The third-order valence-electron chi connectivity index (χ3n) is 2.13. The fraction of sp³-hybridized carbons (Fsp3) is 0.250. The van der Waals surface area contributed by atoms with E-state index in [1.54, 1.807) is 0 Å². The molecule has 2 aromatic rings. The second-order valence-corrected chi connectivity index (χ2v) is 5.99. The molecule has 0 spiro atoms. The highest BCUT2D eigenvalue weighted by molar-refractivity contribution is 7.80. The maximum absolute atomic E-state index is 5.62. The van der Waals surface area contributed by atoms with Crippen LogP contribution in [0.2, 0.25) is 0 Å². The molecule has 2 aromatic carbocycles. The Morgan fingerprint density at radius 3 is 1.84 bits per heavy atom. The predicted octanol–water partition coefficient (Wildman–Crippen LogP) is 3.97. The number of thiol groups is 1. The van der Waals surface area contributed by atoms with Gasteiger partial charge in [0.25, 0.3) is 0 Å². The average Bonchev–Trinajstić information content (AvgIpc) is 2.29. The van der Waals surface area contributed by atoms with Gasteiger partial charge in [-0.3, -0.25) is 0 Å². The molecule has 102 valence electrons. The lowest BCUT2D eigenvalue weighted by Crippen LogP contribution is -2.26. The molecule has 0 heterocycles. The van der Waals surface area contributed by atoms with E-state index in [0.717, 1.165) is 21.7 Å². The van der Waals surface area contributed by atoms with Crippen LogP contribution in [0.25, 0.3) is 11.1 Å². The summed E-state index contributed by atoms with van der Waals surface area (Å²) in [5, 5.41) is 0. The van der Waals surface area contributed by atoms with Crippen molar-refractivity contribution in [3.05, 3.63) is 48.5 Å². The van der Waals surface area contributed by atoms with Crippen LogP contribution >= 0.6 is 12.6 Å². The molecule has 3 heteroatoms. The fourth-order valence-corrected chi connectivity index (χ4v) is 1.67. The van der Waals surface area contributed by atoms with Gasteiger partial charge in [-0.1, -0.05) is 30.3 Å². The summed E-state index contributed by atoms with van der Waals surface area (Å²) in [6, 6.07) is 15.8. The Morgan fingerprint density at radius 1 is 0.895 bits per heavy atom. The first-order chi connectivity index (χ1) is 8.77. The van der Waals surface area contributed by atoms with E-state index in [4.69, 9.17) is 11.5 Å². The van der Waals surface area contributed by atoms with Gasteiger partial charge in [0.1, 0.15) is 0 Å². The van der Waals surface area contributed by atoms with Crippen LogP contribution in [0, 0.1) is 0 Å². The van der Waals surface area contributed by atoms with Crippen LogP contribution in [0.5, 0.6) is 0 Å². The Balaban J connectivity index is 0.000000312. The van der Waals surface area contributed by atoms with Crippen LogP contribution in [-0.2, 0) is 0 Å². The van der Waals surface area contributed by atoms with Gasteiger partial charge in [0, 0.05) is 16.1 Å². The molecule has 0 aromatic heterocycles. The van der Waals surface area contributed by atoms with Gasteiger partial charge in [0.05, 0.1) is 0 Å². The second kappa shape index (κ2) is 6.64. The molecule has 0 aliphatic carbocycles. The molecule has 0 aliphatic rings. The first-order valence-corrected chi connectivity index (χ1v) is 6.65. The SMILES string of the molecule is CC(C)(C)N.Nc1ccc(-c2ccccc2S)cc1. The summed E-state index contributed by atoms with van der Waals surface area (Å²) in [5.74, 6) is 0. The van der Waals surface area contributed by atoms with Crippen molar-refractivity contribution in [2.24, 2.45) is 5.73 Å². The van der Waals surface area contributed by atoms with Gasteiger partial charge in [0.2, 0.25) is 0 Å². The minimum Gasteiger partial charge on any atom is -0.399 e. The van der Waals surface area contributed by atoms with Crippen molar-refractivity contribution in [2.75, 3.05) is 5.73 Å². The van der Waals surface area contributed by atoms with Crippen molar-refractivity contribution < 1.29 is 0 Å². The van der Waals surface area contributed by atoms with E-state index in [1.807, 2.05) is 69.3 Å². The van der Waals surface area contributed by atoms with Gasteiger partial charge < -0.3 is 11.5 Å². The average molecular weight is 274 g/mol. The lowest BCUT2D eigenvalue weighted by molar-refractivity contribution is 0.580. The predicted molar refractivity (Wildman–Crippen MR) is 87.5 cm³/mol. The molecule has 2 rings (SSSR count). The normalized spacial score (nSPS) is 10.6. The van der Waals surface area contributed by atoms with Gasteiger partial charge in [-0.2, -0.15) is 0 Å². The standard InChI is InChI=1S/C12H11NS.C4H11N/c13-10-7-5-9(6-8-10)11-3-1-2-4-12(11)14;1-4(2,3)5/h1-8,14H,13H2;5H2,1-3H3. The number of anilines is 1. The summed E-state index contributed by atoms with van der Waals surface area (Å²) in [7, 11) is 0. The lowest BCUT2D eigenvalue weighted by atomic mass is 10.1. The molecule has 0 bridgehead atoms. The maximum atomic E-state index is 5.62. The molecule has 0 saturated heterocycles. The monoisotopic (exact) mass is 274 g/mol. The Labute approximate surface area is 121 Å². The number of benzene rings is 2. The van der Waals surface area contributed by atoms with E-state index < -0.39 is 0 Å². The molecule has 0 aliphatic heterocycles. The number of nitrogen functional groups attached to an aromatic ring is 1. The smallest absolute Gasteiger partial charge is 0.0314 e. The molecule has 0 unspecified atom stereocenters. The van der Waals surface area contributed by atoms with Gasteiger partial charge >= 0.3 is 0 Å². The highest BCUT2D eigenvalue weighted by Gasteiger charge is 2.00. The van der Waals surface area contributed by atoms with E-state index in [1.165, 1.54) is 0 Å². The first-order valence-electron chi connectivity index (χ1n) is 6.20. The minimum absolute atomic E-state index is 0. The van der Waals surface area contributed by atoms with Gasteiger partial charge in [-0.25, -0.2) is 0 Å². The molecule has 0 atom stereocenters. The van der Waals surface area contributed by atoms with Crippen molar-refractivity contribution in [3.8, 4) is 11.1 Å². The molecule has 4 N–H and O–H groups in total. The van der Waals surface area contributed by atoms with Crippen LogP contribution in [0.3, 0.4) is 0 Å². The first kappa shape index (κ1) is 15.6. The number of hydrogen-bond acceptors (Lipinski definition) is 3. The van der Waals surface area contributed by atoms with Gasteiger partial charge in [-0.15, -0.1) is 12.6 Å². The zero-order chi connectivity index (χ0) is 14.5. The molecule has 0 amide bonds. The van der Waals surface area contributed by atoms with Crippen molar-refractivity contribution in [2.45, 2.75) is 31.2 Å². The molecule has 0 radical (unpaired) electrons. The molecule has 0 fully saturated rings. The minimum atomic E-state index is 0. The quantitative estimate of drug-likeness (QED) is 0.544. The van der Waals surface area contributed by atoms with Crippen LogP contribution < -0.4 is 11.5 Å². The lowest BCUT2D eigenvalue weighted by Gasteiger charge is -2.06. The van der Waals surface area contributed by atoms with Crippen molar-refractivity contribution in [1.82, 2.24) is 0 Å². The van der Waals surface area contributed by atoms with E-state index in [0.29, 0.717) is 0 Å². The van der Waals surface area contributed by atoms with E-state index >= 15 is 0 Å². The van der Waals surface area contributed by atoms with Crippen molar-refractivity contribution in [3.63, 3.8) is 0 Å². The van der Waals surface area contributed by atoms with Crippen LogP contribution in [-0.4, -0.2) is 5.54 Å². The summed E-state index contributed by atoms with van der Waals surface area (Å²) in [4.78, 5) is 0.984. The maximum Gasteiger partial charge on any atom is 0.0314 e.